The molecule has 1 aromatic carbocycles. The van der Waals surface area contributed by atoms with Crippen LogP contribution in [0.15, 0.2) is 40.5 Å². The summed E-state index contributed by atoms with van der Waals surface area (Å²) in [6, 6.07) is 7.98. The zero-order chi connectivity index (χ0) is 22.6. The van der Waals surface area contributed by atoms with Crippen molar-refractivity contribution in [1.82, 2.24) is 5.32 Å². The average molecular weight is 412 g/mol. The molecule has 9 nitrogen and oxygen atoms in total. The molecule has 30 heavy (non-hydrogen) atoms. The Morgan fingerprint density at radius 2 is 2.00 bits per heavy atom. The number of carbonyl (C=O) groups excluding carboxylic acids is 2. The molecule has 2 rings (SSSR count). The van der Waals surface area contributed by atoms with Crippen molar-refractivity contribution in [2.24, 2.45) is 10.9 Å². The highest BCUT2D eigenvalue weighted by Crippen LogP contribution is 2.39. The maximum absolute atomic E-state index is 13.0. The predicted molar refractivity (Wildman–Crippen MR) is 110 cm³/mol. The van der Waals surface area contributed by atoms with Gasteiger partial charge in [0.15, 0.2) is 0 Å². The van der Waals surface area contributed by atoms with Gasteiger partial charge in [-0.2, -0.15) is 5.26 Å². The van der Waals surface area contributed by atoms with Crippen molar-refractivity contribution in [3.63, 3.8) is 0 Å². The average Bonchev–Trinajstić information content (AvgIpc) is 2.64. The van der Waals surface area contributed by atoms with Crippen LogP contribution in [0.3, 0.4) is 0 Å². The molecular formula is C21H24N4O5. The third-order valence-electron chi connectivity index (χ3n) is 4.47. The van der Waals surface area contributed by atoms with Gasteiger partial charge in [0.25, 0.3) is 5.69 Å². The van der Waals surface area contributed by atoms with Gasteiger partial charge in [-0.1, -0.05) is 12.1 Å². The first-order chi connectivity index (χ1) is 13.9. The molecule has 1 heterocycles. The second-order valence-corrected chi connectivity index (χ2v) is 7.96. The third-order valence-corrected chi connectivity index (χ3v) is 4.47. The lowest BCUT2D eigenvalue weighted by Crippen LogP contribution is -2.38. The van der Waals surface area contributed by atoms with Crippen LogP contribution in [-0.2, 0) is 14.3 Å². The molecular weight excluding hydrogens is 388 g/mol. The van der Waals surface area contributed by atoms with Gasteiger partial charge in [-0.3, -0.25) is 24.7 Å². The summed E-state index contributed by atoms with van der Waals surface area (Å²) in [6.45, 7) is 8.10. The molecule has 0 spiro atoms. The summed E-state index contributed by atoms with van der Waals surface area (Å²) in [6.07, 6.45) is 0. The highest BCUT2D eigenvalue weighted by molar-refractivity contribution is 6.01. The smallest absolute Gasteiger partial charge is 0.325 e. The number of aliphatic imine (C=N–C) groups is 1. The number of amides is 1. The molecule has 2 atom stereocenters. The molecule has 2 unspecified atom stereocenters. The maximum atomic E-state index is 13.0. The molecule has 1 amide bonds. The monoisotopic (exact) mass is 412 g/mol. The highest BCUT2D eigenvalue weighted by atomic mass is 16.6. The highest BCUT2D eigenvalue weighted by Gasteiger charge is 2.37. The van der Waals surface area contributed by atoms with E-state index >= 15 is 0 Å². The van der Waals surface area contributed by atoms with Gasteiger partial charge >= 0.3 is 5.97 Å². The molecule has 0 saturated carbocycles. The fourth-order valence-electron chi connectivity index (χ4n) is 3.32. The first-order valence-electron chi connectivity index (χ1n) is 9.34. The van der Waals surface area contributed by atoms with E-state index in [1.807, 2.05) is 0 Å². The van der Waals surface area contributed by atoms with Crippen LogP contribution in [0.2, 0.25) is 0 Å². The topological polar surface area (TPSA) is 135 Å². The summed E-state index contributed by atoms with van der Waals surface area (Å²) >= 11 is 0. The Hall–Kier alpha value is -3.54. The van der Waals surface area contributed by atoms with Crippen LogP contribution < -0.4 is 5.32 Å². The van der Waals surface area contributed by atoms with Gasteiger partial charge in [-0.15, -0.1) is 0 Å². The molecule has 1 aliphatic rings. The number of nitro groups is 1. The van der Waals surface area contributed by atoms with E-state index < -0.39 is 34.2 Å². The summed E-state index contributed by atoms with van der Waals surface area (Å²) in [5, 5.41) is 23.4. The Morgan fingerprint density at radius 1 is 1.33 bits per heavy atom. The minimum absolute atomic E-state index is 0.143. The number of rotatable bonds is 5. The second-order valence-electron chi connectivity index (χ2n) is 7.96. The number of allylic oxidation sites excluding steroid dienone is 1. The molecule has 9 heteroatoms. The molecule has 1 aliphatic heterocycles. The van der Waals surface area contributed by atoms with Crippen molar-refractivity contribution in [3.05, 3.63) is 51.2 Å². The van der Waals surface area contributed by atoms with Gasteiger partial charge in [-0.25, -0.2) is 0 Å². The quantitative estimate of drug-likeness (QED) is 0.449. The molecule has 0 radical (unpaired) electrons. The number of esters is 1. The lowest BCUT2D eigenvalue weighted by atomic mass is 9.76. The lowest BCUT2D eigenvalue weighted by molar-refractivity contribution is -0.384. The van der Waals surface area contributed by atoms with Crippen LogP contribution in [0, 0.1) is 27.4 Å². The minimum Gasteiger partial charge on any atom is -0.459 e. The lowest BCUT2D eigenvalue weighted by Gasteiger charge is -2.29. The number of benzene rings is 1. The van der Waals surface area contributed by atoms with Crippen molar-refractivity contribution in [1.29, 1.82) is 5.26 Å². The van der Waals surface area contributed by atoms with Crippen molar-refractivity contribution in [2.75, 3.05) is 6.54 Å². The van der Waals surface area contributed by atoms with Crippen molar-refractivity contribution < 1.29 is 19.2 Å². The number of nitrogens with zero attached hydrogens (tertiary/aromatic N) is 3. The zero-order valence-electron chi connectivity index (χ0n) is 17.6. The second kappa shape index (κ2) is 8.86. The van der Waals surface area contributed by atoms with Crippen molar-refractivity contribution in [2.45, 2.75) is 46.1 Å². The standard InChI is InChI=1S/C21H24N4O5/c1-12-16(10-22)19(14-7-6-8-15(9-14)25(28)29)18(13(2)24-12)20(27)23-11-17(26)30-21(3,4)5/h6-9,16,19H,11H2,1-5H3,(H,23,27). The Labute approximate surface area is 174 Å². The summed E-state index contributed by atoms with van der Waals surface area (Å²) in [7, 11) is 0. The Morgan fingerprint density at radius 3 is 2.57 bits per heavy atom. The van der Waals surface area contributed by atoms with Gasteiger partial charge in [-0.05, 0) is 40.2 Å². The van der Waals surface area contributed by atoms with E-state index in [1.54, 1.807) is 40.7 Å². The van der Waals surface area contributed by atoms with E-state index in [1.165, 1.54) is 18.2 Å². The normalized spacial score (nSPS) is 18.9. The van der Waals surface area contributed by atoms with E-state index in [2.05, 4.69) is 16.4 Å². The largest absolute Gasteiger partial charge is 0.459 e. The number of non-ortho nitro benzene ring substituents is 1. The van der Waals surface area contributed by atoms with Gasteiger partial charge < -0.3 is 10.1 Å². The van der Waals surface area contributed by atoms with E-state index in [4.69, 9.17) is 4.74 Å². The molecule has 0 saturated heterocycles. The van der Waals surface area contributed by atoms with Crippen molar-refractivity contribution in [3.8, 4) is 6.07 Å². The SMILES string of the molecule is CC1=NC(C)=C(C(=O)NCC(=O)OC(C)(C)C)C(c2cccc([N+](=O)[O-])c2)C1C#N. The Kier molecular flexibility index (Phi) is 6.72. The fourth-order valence-corrected chi connectivity index (χ4v) is 3.32. The fraction of sp³-hybridized carbons (Fsp3) is 0.429. The first kappa shape index (κ1) is 22.7. The van der Waals surface area contributed by atoms with Crippen LogP contribution in [0.4, 0.5) is 5.69 Å². The molecule has 158 valence electrons. The minimum atomic E-state index is -0.780. The maximum Gasteiger partial charge on any atom is 0.325 e. The Balaban J connectivity index is 2.40. The van der Waals surface area contributed by atoms with Crippen LogP contribution in [-0.4, -0.2) is 34.7 Å². The summed E-state index contributed by atoms with van der Waals surface area (Å²) in [5.41, 5.74) is 0.701. The molecule has 1 aromatic rings. The summed E-state index contributed by atoms with van der Waals surface area (Å²) in [4.78, 5) is 39.9. The molecule has 0 bridgehead atoms. The summed E-state index contributed by atoms with van der Waals surface area (Å²) < 4.78 is 5.19. The zero-order valence-corrected chi connectivity index (χ0v) is 17.6. The van der Waals surface area contributed by atoms with E-state index in [-0.39, 0.29) is 17.8 Å². The molecule has 0 aromatic heterocycles. The van der Waals surface area contributed by atoms with Crippen molar-refractivity contribution >= 4 is 23.3 Å². The van der Waals surface area contributed by atoms with Crippen LogP contribution in [0.5, 0.6) is 0 Å². The van der Waals surface area contributed by atoms with Crippen LogP contribution in [0.25, 0.3) is 0 Å². The van der Waals surface area contributed by atoms with Crippen LogP contribution in [0.1, 0.15) is 46.1 Å². The number of hydrogen-bond donors (Lipinski definition) is 1. The number of carbonyl (C=O) groups is 2. The van der Waals surface area contributed by atoms with Gasteiger partial charge in [0.1, 0.15) is 12.1 Å². The predicted octanol–water partition coefficient (Wildman–Crippen LogP) is 3.02. The number of nitriles is 1. The first-order valence-corrected chi connectivity index (χ1v) is 9.34. The molecule has 1 N–H and O–H groups in total. The summed E-state index contributed by atoms with van der Waals surface area (Å²) in [5.74, 6) is -2.72. The number of hydrogen-bond acceptors (Lipinski definition) is 7. The van der Waals surface area contributed by atoms with Gasteiger partial charge in [0, 0.05) is 35.0 Å². The molecule has 0 fully saturated rings. The molecule has 0 aliphatic carbocycles. The van der Waals surface area contributed by atoms with Gasteiger partial charge in [0.2, 0.25) is 5.91 Å². The number of ether oxygens (including phenoxy) is 1. The van der Waals surface area contributed by atoms with E-state index in [9.17, 15) is 25.0 Å². The van der Waals surface area contributed by atoms with Gasteiger partial charge in [0.05, 0.1) is 16.9 Å². The van der Waals surface area contributed by atoms with Crippen LogP contribution >= 0.6 is 0 Å². The van der Waals surface area contributed by atoms with E-state index in [0.717, 1.165) is 0 Å². The number of nitrogens with one attached hydrogen (secondary N) is 1. The third kappa shape index (κ3) is 5.29. The Bertz CT molecular complexity index is 982. The number of nitro benzene ring substituents is 1. The van der Waals surface area contributed by atoms with E-state index in [0.29, 0.717) is 17.0 Å².